The molecule has 2 aromatic carbocycles. The average Bonchev–Trinajstić information content (AvgIpc) is 2.76. The summed E-state index contributed by atoms with van der Waals surface area (Å²) in [6, 6.07) is 15.2. The van der Waals surface area contributed by atoms with Crippen LogP contribution in [0, 0.1) is 0 Å². The first-order valence-corrected chi connectivity index (χ1v) is 9.99. The molecule has 4 aromatic rings. The van der Waals surface area contributed by atoms with Crippen LogP contribution in [0.5, 0.6) is 0 Å². The number of para-hydroxylation sites is 1. The van der Waals surface area contributed by atoms with Crippen molar-refractivity contribution in [2.45, 2.75) is 12.7 Å². The largest absolute Gasteiger partial charge is 0.406 e. The summed E-state index contributed by atoms with van der Waals surface area (Å²) in [5, 5.41) is 3.08. The van der Waals surface area contributed by atoms with Crippen molar-refractivity contribution in [2.75, 3.05) is 5.32 Å². The second-order valence-electron chi connectivity index (χ2n) is 7.25. The van der Waals surface area contributed by atoms with Crippen molar-refractivity contribution in [3.63, 3.8) is 0 Å². The van der Waals surface area contributed by atoms with Gasteiger partial charge in [0.25, 0.3) is 11.1 Å². The number of alkyl halides is 3. The summed E-state index contributed by atoms with van der Waals surface area (Å²) in [7, 11) is 1.34. The predicted molar refractivity (Wildman–Crippen MR) is 120 cm³/mol. The Morgan fingerprint density at radius 2 is 1.61 bits per heavy atom. The number of fused-ring (bicyclic) bond motifs is 1. The molecule has 11 heteroatoms. The van der Waals surface area contributed by atoms with Gasteiger partial charge in [-0.3, -0.25) is 18.7 Å². The lowest BCUT2D eigenvalue weighted by atomic mass is 10.2. The second-order valence-corrected chi connectivity index (χ2v) is 7.68. The normalized spacial score (nSPS) is 11.7. The van der Waals surface area contributed by atoms with Gasteiger partial charge in [0.05, 0.1) is 11.4 Å². The van der Waals surface area contributed by atoms with E-state index >= 15 is 0 Å². The molecule has 0 fully saturated rings. The fraction of sp³-hybridized carbons (Fsp3) is 0.136. The topological polar surface area (TPSA) is 78.0 Å². The summed E-state index contributed by atoms with van der Waals surface area (Å²) in [6.45, 7) is -1.78. The van der Waals surface area contributed by atoms with Crippen molar-refractivity contribution in [3.05, 3.63) is 96.9 Å². The molecule has 0 atom stereocenters. The van der Waals surface area contributed by atoms with Crippen LogP contribution >= 0.6 is 11.6 Å². The number of halogens is 4. The van der Waals surface area contributed by atoms with Gasteiger partial charge in [0.15, 0.2) is 0 Å². The van der Waals surface area contributed by atoms with Gasteiger partial charge in [-0.15, -0.1) is 0 Å². The van der Waals surface area contributed by atoms with Gasteiger partial charge in [-0.25, -0.2) is 9.36 Å². The molecule has 170 valence electrons. The van der Waals surface area contributed by atoms with E-state index in [0.717, 1.165) is 15.2 Å². The van der Waals surface area contributed by atoms with Crippen molar-refractivity contribution < 1.29 is 13.2 Å². The van der Waals surface area contributed by atoms with Crippen LogP contribution in [0.1, 0.15) is 0 Å². The minimum atomic E-state index is -4.82. The predicted octanol–water partition coefficient (Wildman–Crippen LogP) is 3.81. The van der Waals surface area contributed by atoms with Crippen molar-refractivity contribution in [2.24, 2.45) is 7.05 Å². The zero-order valence-electron chi connectivity index (χ0n) is 17.1. The van der Waals surface area contributed by atoms with Crippen molar-refractivity contribution in [1.29, 1.82) is 0 Å². The summed E-state index contributed by atoms with van der Waals surface area (Å²) >= 11 is 5.89. The number of nitrogens with one attached hydrogen (secondary N) is 1. The minimum Gasteiger partial charge on any atom is -0.355 e. The number of aryl methyl sites for hydroxylation is 1. The van der Waals surface area contributed by atoms with Crippen LogP contribution in [0.3, 0.4) is 0 Å². The van der Waals surface area contributed by atoms with E-state index in [0.29, 0.717) is 10.7 Å². The molecule has 0 amide bonds. The molecule has 2 aromatic heterocycles. The van der Waals surface area contributed by atoms with Crippen LogP contribution in [0.4, 0.5) is 24.5 Å². The zero-order valence-corrected chi connectivity index (χ0v) is 17.8. The third kappa shape index (κ3) is 4.29. The summed E-state index contributed by atoms with van der Waals surface area (Å²) in [6.07, 6.45) is -4.82. The van der Waals surface area contributed by atoms with Gasteiger partial charge in [0.2, 0.25) is 0 Å². The first kappa shape index (κ1) is 22.4. The van der Waals surface area contributed by atoms with Gasteiger partial charge in [-0.05, 0) is 36.4 Å². The Hall–Kier alpha value is -3.79. The van der Waals surface area contributed by atoms with Crippen LogP contribution in [-0.4, -0.2) is 19.9 Å². The molecule has 0 aliphatic rings. The molecule has 0 spiro atoms. The Balaban J connectivity index is 2.15. The Kier molecular flexibility index (Phi) is 5.62. The number of anilines is 2. The Morgan fingerprint density at radius 1 is 0.970 bits per heavy atom. The Bertz CT molecular complexity index is 1520. The van der Waals surface area contributed by atoms with Crippen molar-refractivity contribution in [1.82, 2.24) is 13.7 Å². The number of hydrogen-bond acceptors (Lipinski definition) is 4. The fourth-order valence-corrected chi connectivity index (χ4v) is 3.63. The van der Waals surface area contributed by atoms with Gasteiger partial charge < -0.3 is 5.32 Å². The molecule has 4 rings (SSSR count). The molecule has 0 radical (unpaired) electrons. The lowest BCUT2D eigenvalue weighted by Crippen LogP contribution is -2.44. The molecule has 0 bridgehead atoms. The van der Waals surface area contributed by atoms with Crippen LogP contribution in [0.2, 0.25) is 5.02 Å². The molecule has 0 unspecified atom stereocenters. The molecule has 1 N–H and O–H groups in total. The smallest absolute Gasteiger partial charge is 0.355 e. The van der Waals surface area contributed by atoms with Gasteiger partial charge >= 0.3 is 11.9 Å². The van der Waals surface area contributed by atoms with E-state index < -0.39 is 29.5 Å². The standard InChI is InChI=1S/C22H16ClF3N4O3/c1-28-17(31)11-16(27-14-9-7-13(23)8-10-14)18-19(28)30(15-5-3-2-4-6-15)21(33)29(20(18)32)12-22(24,25)26/h2-11,27H,12H2,1H3. The lowest BCUT2D eigenvalue weighted by molar-refractivity contribution is -0.141. The lowest BCUT2D eigenvalue weighted by Gasteiger charge is -2.19. The summed E-state index contributed by atoms with van der Waals surface area (Å²) < 4.78 is 41.9. The molecule has 33 heavy (non-hydrogen) atoms. The highest BCUT2D eigenvalue weighted by atomic mass is 35.5. The maximum Gasteiger partial charge on any atom is 0.406 e. The third-order valence-corrected chi connectivity index (χ3v) is 5.23. The number of hydrogen-bond donors (Lipinski definition) is 1. The van der Waals surface area contributed by atoms with E-state index in [1.807, 2.05) is 0 Å². The number of pyridine rings is 1. The maximum atomic E-state index is 13.3. The first-order valence-electron chi connectivity index (χ1n) is 9.61. The van der Waals surface area contributed by atoms with Crippen molar-refractivity contribution >= 4 is 34.0 Å². The van der Waals surface area contributed by atoms with E-state index in [-0.39, 0.29) is 27.0 Å². The minimum absolute atomic E-state index is 0.0407. The molecule has 0 aliphatic heterocycles. The number of nitrogens with zero attached hydrogens (tertiary/aromatic N) is 3. The molecular formula is C22H16ClF3N4O3. The number of rotatable bonds is 4. The SMILES string of the molecule is Cn1c(=O)cc(Nc2ccc(Cl)cc2)c2c(=O)n(CC(F)(F)F)c(=O)n(-c3ccccc3)c21. The van der Waals surface area contributed by atoms with Gasteiger partial charge in [0.1, 0.15) is 17.6 Å². The molecule has 0 saturated heterocycles. The summed E-state index contributed by atoms with van der Waals surface area (Å²) in [5.74, 6) is 0. The molecule has 2 heterocycles. The molecule has 0 aliphatic carbocycles. The number of benzene rings is 2. The third-order valence-electron chi connectivity index (χ3n) is 4.98. The monoisotopic (exact) mass is 476 g/mol. The van der Waals surface area contributed by atoms with Crippen LogP contribution in [-0.2, 0) is 13.6 Å². The number of aromatic nitrogens is 3. The van der Waals surface area contributed by atoms with Crippen LogP contribution < -0.4 is 22.1 Å². The first-order chi connectivity index (χ1) is 15.6. The molecule has 7 nitrogen and oxygen atoms in total. The van der Waals surface area contributed by atoms with E-state index in [4.69, 9.17) is 11.6 Å². The summed E-state index contributed by atoms with van der Waals surface area (Å²) in [4.78, 5) is 39.1. The zero-order chi connectivity index (χ0) is 23.9. The highest BCUT2D eigenvalue weighted by Gasteiger charge is 2.32. The van der Waals surface area contributed by atoms with E-state index in [9.17, 15) is 27.6 Å². The average molecular weight is 477 g/mol. The van der Waals surface area contributed by atoms with Gasteiger partial charge in [0, 0.05) is 23.8 Å². The van der Waals surface area contributed by atoms with Crippen molar-refractivity contribution in [3.8, 4) is 5.69 Å². The van der Waals surface area contributed by atoms with Gasteiger partial charge in [-0.2, -0.15) is 13.2 Å². The Morgan fingerprint density at radius 3 is 2.21 bits per heavy atom. The summed E-state index contributed by atoms with van der Waals surface area (Å²) in [5.41, 5.74) is -2.51. The van der Waals surface area contributed by atoms with E-state index in [2.05, 4.69) is 5.32 Å². The Labute approximate surface area is 188 Å². The second kappa shape index (κ2) is 8.28. The molecular weight excluding hydrogens is 461 g/mol. The van der Waals surface area contributed by atoms with Gasteiger partial charge in [-0.1, -0.05) is 29.8 Å². The van der Waals surface area contributed by atoms with Crippen LogP contribution in [0.15, 0.2) is 75.0 Å². The van der Waals surface area contributed by atoms with Crippen LogP contribution in [0.25, 0.3) is 16.7 Å². The highest BCUT2D eigenvalue weighted by molar-refractivity contribution is 6.30. The van der Waals surface area contributed by atoms with E-state index in [1.54, 1.807) is 42.5 Å². The quantitative estimate of drug-likeness (QED) is 0.486. The molecule has 0 saturated carbocycles. The van der Waals surface area contributed by atoms with E-state index in [1.165, 1.54) is 19.2 Å². The fourth-order valence-electron chi connectivity index (χ4n) is 3.51. The highest BCUT2D eigenvalue weighted by Crippen LogP contribution is 2.25. The maximum absolute atomic E-state index is 13.3.